The quantitative estimate of drug-likeness (QED) is 0.161. The van der Waals surface area contributed by atoms with Gasteiger partial charge in [-0.1, -0.05) is 41.9 Å². The maximum Gasteiger partial charge on any atom is 0.333 e. The van der Waals surface area contributed by atoms with Crippen LogP contribution in [0.15, 0.2) is 64.7 Å². The van der Waals surface area contributed by atoms with Gasteiger partial charge in [0.1, 0.15) is 11.4 Å². The molecule has 1 aliphatic heterocycles. The topological polar surface area (TPSA) is 96.3 Å². The summed E-state index contributed by atoms with van der Waals surface area (Å²) in [5.41, 5.74) is 7.54. The molecule has 3 aromatic carbocycles. The van der Waals surface area contributed by atoms with Gasteiger partial charge in [-0.15, -0.1) is 28.4 Å². The lowest BCUT2D eigenvalue weighted by molar-refractivity contribution is 0.0992. The number of hydrogen-bond acceptors (Lipinski definition) is 7. The SMILES string of the molecule is Cc1c2c(nn1C)CSCc1cc(n(C)n1)CSc1cc(c3ccccc3c1)OCCCc1c(C(=O)N=O)n(C)c3c-2c(Cl)ccc13. The lowest BCUT2D eigenvalue weighted by Gasteiger charge is -2.12. The van der Waals surface area contributed by atoms with Crippen LogP contribution in [0.1, 0.15) is 45.2 Å². The number of nitroso groups, excluding NO2 is 1. The van der Waals surface area contributed by atoms with Crippen molar-refractivity contribution in [2.75, 3.05) is 6.61 Å². The van der Waals surface area contributed by atoms with E-state index in [9.17, 15) is 9.70 Å². The van der Waals surface area contributed by atoms with Crippen molar-refractivity contribution in [1.82, 2.24) is 24.1 Å². The summed E-state index contributed by atoms with van der Waals surface area (Å²) in [6, 6.07) is 18.5. The first-order valence-corrected chi connectivity index (χ1v) is 17.8. The van der Waals surface area contributed by atoms with Crippen molar-refractivity contribution in [2.45, 2.75) is 41.9 Å². The first kappa shape index (κ1) is 31.5. The van der Waals surface area contributed by atoms with E-state index >= 15 is 0 Å². The molecule has 0 aliphatic carbocycles. The average Bonchev–Trinajstić information content (AvgIpc) is 3.66. The molecule has 0 radical (unpaired) electrons. The van der Waals surface area contributed by atoms with E-state index in [1.165, 1.54) is 0 Å². The number of halogens is 1. The van der Waals surface area contributed by atoms with Crippen LogP contribution in [-0.2, 0) is 44.8 Å². The molecule has 6 aromatic rings. The van der Waals surface area contributed by atoms with E-state index in [-0.39, 0.29) is 5.69 Å². The van der Waals surface area contributed by atoms with E-state index in [1.54, 1.807) is 35.1 Å². The zero-order valence-electron chi connectivity index (χ0n) is 26.5. The van der Waals surface area contributed by atoms with Gasteiger partial charge in [0, 0.05) is 81.8 Å². The second-order valence-electron chi connectivity index (χ2n) is 11.8. The molecular weight excluding hydrogens is 652 g/mol. The summed E-state index contributed by atoms with van der Waals surface area (Å²) in [7, 11) is 5.72. The van der Waals surface area contributed by atoms with Crippen LogP contribution in [0.2, 0.25) is 5.02 Å². The number of fused-ring (bicyclic) bond motifs is 8. The van der Waals surface area contributed by atoms with Gasteiger partial charge in [-0.3, -0.25) is 14.2 Å². The number of carbonyl (C=O) groups is 1. The molecule has 0 N–H and O–H groups in total. The number of nitrogens with zero attached hydrogens (tertiary/aromatic N) is 6. The summed E-state index contributed by atoms with van der Waals surface area (Å²) in [6.07, 6.45) is 1.13. The van der Waals surface area contributed by atoms with Gasteiger partial charge < -0.3 is 9.30 Å². The molecule has 0 saturated heterocycles. The molecule has 0 atom stereocenters. The van der Waals surface area contributed by atoms with Crippen molar-refractivity contribution in [3.8, 4) is 16.9 Å². The maximum absolute atomic E-state index is 13.1. The standard InChI is InChI=1S/C35H33ClN6O3S2/c1-20-31-29(38-41(20)3)19-46-17-22-15-23(42(4)37-22)18-47-24-14-21-8-5-6-9-25(21)30(16-24)45-13-7-10-26-27-11-12-28(36)32(31)33(27)40(2)34(26)35(43)39-44/h5-6,8-9,11-12,14-16H,7,10,13,17-19H2,1-4H3. The van der Waals surface area contributed by atoms with E-state index in [0.29, 0.717) is 30.2 Å². The molecule has 0 fully saturated rings. The van der Waals surface area contributed by atoms with Crippen LogP contribution in [0.3, 0.4) is 0 Å². The lowest BCUT2D eigenvalue weighted by Crippen LogP contribution is -2.07. The summed E-state index contributed by atoms with van der Waals surface area (Å²) in [6.45, 7) is 2.44. The highest BCUT2D eigenvalue weighted by Crippen LogP contribution is 2.43. The molecule has 9 nitrogen and oxygen atoms in total. The van der Waals surface area contributed by atoms with E-state index in [1.807, 2.05) is 54.6 Å². The number of aromatic nitrogens is 5. The molecule has 47 heavy (non-hydrogen) atoms. The molecule has 1 amide bonds. The Morgan fingerprint density at radius 2 is 1.79 bits per heavy atom. The van der Waals surface area contributed by atoms with Crippen LogP contribution in [0.25, 0.3) is 32.8 Å². The Hall–Kier alpha value is -4.06. The van der Waals surface area contributed by atoms with Crippen LogP contribution < -0.4 is 4.74 Å². The molecule has 4 heterocycles. The number of ether oxygens (including phenoxy) is 1. The number of aryl methyl sites for hydroxylation is 4. The van der Waals surface area contributed by atoms with Gasteiger partial charge in [0.05, 0.1) is 28.5 Å². The largest absolute Gasteiger partial charge is 0.493 e. The molecule has 0 saturated carbocycles. The Labute approximate surface area is 285 Å². The molecule has 1 aliphatic rings. The first-order valence-electron chi connectivity index (χ1n) is 15.3. The third-order valence-electron chi connectivity index (χ3n) is 8.88. The van der Waals surface area contributed by atoms with Crippen LogP contribution >= 0.6 is 35.1 Å². The molecule has 0 spiro atoms. The fraction of sp³-hybridized carbons (Fsp3) is 0.286. The van der Waals surface area contributed by atoms with Crippen molar-refractivity contribution < 1.29 is 9.53 Å². The fourth-order valence-electron chi connectivity index (χ4n) is 6.58. The average molecular weight is 685 g/mol. The predicted octanol–water partition coefficient (Wildman–Crippen LogP) is 8.38. The number of thioether (sulfide) groups is 2. The minimum Gasteiger partial charge on any atom is -0.493 e. The summed E-state index contributed by atoms with van der Waals surface area (Å²) < 4.78 is 12.0. The van der Waals surface area contributed by atoms with Gasteiger partial charge in [-0.05, 0) is 55.0 Å². The molecule has 0 unspecified atom stereocenters. The summed E-state index contributed by atoms with van der Waals surface area (Å²) in [5, 5.41) is 16.1. The highest BCUT2D eigenvalue weighted by atomic mass is 35.5. The summed E-state index contributed by atoms with van der Waals surface area (Å²) >= 11 is 10.5. The third-order valence-corrected chi connectivity index (χ3v) is 11.2. The van der Waals surface area contributed by atoms with Crippen molar-refractivity contribution in [3.05, 3.63) is 98.6 Å². The minimum absolute atomic E-state index is 0.271. The predicted molar refractivity (Wildman–Crippen MR) is 191 cm³/mol. The summed E-state index contributed by atoms with van der Waals surface area (Å²) in [5.74, 6) is 2.14. The smallest absolute Gasteiger partial charge is 0.333 e. The highest BCUT2D eigenvalue weighted by molar-refractivity contribution is 7.98. The van der Waals surface area contributed by atoms with Crippen LogP contribution in [0.4, 0.5) is 0 Å². The number of rotatable bonds is 1. The van der Waals surface area contributed by atoms with E-state index in [0.717, 1.165) is 83.3 Å². The Bertz CT molecular complexity index is 2200. The van der Waals surface area contributed by atoms with Gasteiger partial charge in [0.25, 0.3) is 0 Å². The highest BCUT2D eigenvalue weighted by Gasteiger charge is 2.28. The molecule has 3 aromatic heterocycles. The zero-order chi connectivity index (χ0) is 32.8. The van der Waals surface area contributed by atoms with Gasteiger partial charge in [-0.25, -0.2) is 0 Å². The van der Waals surface area contributed by atoms with Crippen molar-refractivity contribution in [2.24, 2.45) is 26.3 Å². The fourth-order valence-corrected chi connectivity index (χ4v) is 8.66. The number of hydrogen-bond donors (Lipinski definition) is 0. The van der Waals surface area contributed by atoms with Gasteiger partial charge in [-0.2, -0.15) is 10.2 Å². The second kappa shape index (κ2) is 12.9. The molecular formula is C35H33ClN6O3S2. The summed E-state index contributed by atoms with van der Waals surface area (Å²) in [4.78, 5) is 25.8. The van der Waals surface area contributed by atoms with E-state index in [2.05, 4.69) is 35.5 Å². The van der Waals surface area contributed by atoms with Crippen LogP contribution in [-0.4, -0.2) is 36.6 Å². The molecule has 8 bridgehead atoms. The zero-order valence-corrected chi connectivity index (χ0v) is 28.9. The van der Waals surface area contributed by atoms with Crippen molar-refractivity contribution in [1.29, 1.82) is 0 Å². The second-order valence-corrected chi connectivity index (χ2v) is 14.2. The Kier molecular flexibility index (Phi) is 8.63. The van der Waals surface area contributed by atoms with E-state index < -0.39 is 5.91 Å². The van der Waals surface area contributed by atoms with Crippen LogP contribution in [0.5, 0.6) is 5.75 Å². The molecule has 7 rings (SSSR count). The Morgan fingerprint density at radius 3 is 2.62 bits per heavy atom. The monoisotopic (exact) mass is 684 g/mol. The van der Waals surface area contributed by atoms with Gasteiger partial charge in [0.15, 0.2) is 0 Å². The molecule has 12 heteroatoms. The van der Waals surface area contributed by atoms with E-state index in [4.69, 9.17) is 26.5 Å². The lowest BCUT2D eigenvalue weighted by atomic mass is 9.98. The molecule has 240 valence electrons. The third kappa shape index (κ3) is 5.74. The number of benzene rings is 3. The van der Waals surface area contributed by atoms with Gasteiger partial charge >= 0.3 is 5.91 Å². The van der Waals surface area contributed by atoms with Crippen molar-refractivity contribution in [3.63, 3.8) is 0 Å². The normalized spacial score (nSPS) is 14.1. The maximum atomic E-state index is 13.1. The Morgan fingerprint density at radius 1 is 0.957 bits per heavy atom. The van der Waals surface area contributed by atoms with Crippen molar-refractivity contribution >= 4 is 62.7 Å². The Balaban J connectivity index is 1.37. The first-order chi connectivity index (χ1) is 22.7. The van der Waals surface area contributed by atoms with Crippen LogP contribution in [0, 0.1) is 11.8 Å². The number of amides is 1. The number of carbonyl (C=O) groups excluding carboxylic acids is 1. The minimum atomic E-state index is -0.805. The van der Waals surface area contributed by atoms with Gasteiger partial charge in [0.2, 0.25) is 0 Å².